The number of hydrogen-bond donors (Lipinski definition) is 2. The first-order valence-corrected chi connectivity index (χ1v) is 7.32. The number of amides is 1. The summed E-state index contributed by atoms with van der Waals surface area (Å²) in [5.74, 6) is 0.00368. The lowest BCUT2D eigenvalue weighted by molar-refractivity contribution is 0.1000. The molecule has 0 spiro atoms. The van der Waals surface area contributed by atoms with Crippen molar-refractivity contribution in [2.45, 2.75) is 0 Å². The van der Waals surface area contributed by atoms with Gasteiger partial charge in [-0.2, -0.15) is 5.10 Å². The number of nitrogens with two attached hydrogens (primary N) is 1. The van der Waals surface area contributed by atoms with Crippen LogP contribution in [0.1, 0.15) is 26.3 Å². The highest BCUT2D eigenvalue weighted by atomic mass is 16.5. The van der Waals surface area contributed by atoms with E-state index in [2.05, 4.69) is 10.2 Å². The van der Waals surface area contributed by atoms with Crippen LogP contribution < -0.4 is 10.5 Å². The van der Waals surface area contributed by atoms with Crippen LogP contribution in [0, 0.1) is 0 Å². The Morgan fingerprint density at radius 1 is 1.12 bits per heavy atom. The number of aromatic nitrogens is 2. The number of fused-ring (bicyclic) bond motifs is 3. The molecule has 0 fully saturated rings. The van der Waals surface area contributed by atoms with Gasteiger partial charge >= 0.3 is 0 Å². The first-order chi connectivity index (χ1) is 11.6. The summed E-state index contributed by atoms with van der Waals surface area (Å²) >= 11 is 0. The average Bonchev–Trinajstić information content (AvgIpc) is 3.15. The summed E-state index contributed by atoms with van der Waals surface area (Å²) < 4.78 is 5.15. The minimum absolute atomic E-state index is 0.164. The van der Waals surface area contributed by atoms with Crippen molar-refractivity contribution in [1.29, 1.82) is 0 Å². The van der Waals surface area contributed by atoms with Gasteiger partial charge in [-0.25, -0.2) is 0 Å². The Morgan fingerprint density at radius 3 is 2.54 bits per heavy atom. The number of carbonyl (C=O) groups is 2. The number of hydrogen-bond acceptors (Lipinski definition) is 4. The Kier molecular flexibility index (Phi) is 2.99. The molecule has 1 aromatic heterocycles. The average molecular weight is 319 g/mol. The number of benzene rings is 2. The van der Waals surface area contributed by atoms with E-state index in [0.29, 0.717) is 28.1 Å². The van der Waals surface area contributed by atoms with Crippen LogP contribution >= 0.6 is 0 Å². The van der Waals surface area contributed by atoms with E-state index in [-0.39, 0.29) is 5.78 Å². The molecule has 1 amide bonds. The molecule has 1 aliphatic carbocycles. The van der Waals surface area contributed by atoms with E-state index >= 15 is 0 Å². The number of H-pyrrole nitrogens is 1. The van der Waals surface area contributed by atoms with Crippen LogP contribution in [0.15, 0.2) is 42.5 Å². The summed E-state index contributed by atoms with van der Waals surface area (Å²) in [6.45, 7) is 0. The maximum absolute atomic E-state index is 12.8. The zero-order chi connectivity index (χ0) is 16.8. The summed E-state index contributed by atoms with van der Waals surface area (Å²) in [4.78, 5) is 24.2. The SMILES string of the molecule is COc1ccc(-c2n[nH]c3c2C(=O)c2cc(C(N)=O)ccc2-3)cc1. The molecule has 0 radical (unpaired) electrons. The number of aromatic amines is 1. The second kappa shape index (κ2) is 5.06. The van der Waals surface area contributed by atoms with Crippen molar-refractivity contribution in [1.82, 2.24) is 10.2 Å². The van der Waals surface area contributed by atoms with Gasteiger partial charge in [-0.1, -0.05) is 6.07 Å². The molecule has 0 atom stereocenters. The molecule has 118 valence electrons. The number of carbonyl (C=O) groups excluding carboxylic acids is 2. The quantitative estimate of drug-likeness (QED) is 0.606. The van der Waals surface area contributed by atoms with E-state index in [9.17, 15) is 9.59 Å². The van der Waals surface area contributed by atoms with E-state index in [0.717, 1.165) is 16.9 Å². The third kappa shape index (κ3) is 1.93. The summed E-state index contributed by atoms with van der Waals surface area (Å²) in [5.41, 5.74) is 9.37. The fraction of sp³-hybridized carbons (Fsp3) is 0.0556. The number of nitrogens with zero attached hydrogens (tertiary/aromatic N) is 1. The van der Waals surface area contributed by atoms with E-state index in [1.54, 1.807) is 19.2 Å². The lowest BCUT2D eigenvalue weighted by Crippen LogP contribution is -2.11. The molecular formula is C18H13N3O3. The number of primary amides is 1. The highest BCUT2D eigenvalue weighted by Gasteiger charge is 2.33. The predicted octanol–water partition coefficient (Wildman–Crippen LogP) is 2.40. The standard InChI is InChI=1S/C18H13N3O3/c1-24-11-5-2-9(3-6-11)15-14-16(21-20-15)12-7-4-10(18(19)23)8-13(12)17(14)22/h2-8H,1H3,(H2,19,23)(H,20,21). The van der Waals surface area contributed by atoms with Gasteiger partial charge in [0.15, 0.2) is 5.78 Å². The first-order valence-electron chi connectivity index (χ1n) is 7.32. The van der Waals surface area contributed by atoms with Crippen molar-refractivity contribution >= 4 is 11.7 Å². The van der Waals surface area contributed by atoms with Crippen LogP contribution in [-0.4, -0.2) is 29.0 Å². The Labute approximate surface area is 137 Å². The van der Waals surface area contributed by atoms with Crippen molar-refractivity contribution in [3.63, 3.8) is 0 Å². The predicted molar refractivity (Wildman–Crippen MR) is 88.0 cm³/mol. The zero-order valence-electron chi connectivity index (χ0n) is 12.8. The topological polar surface area (TPSA) is 98.1 Å². The highest BCUT2D eigenvalue weighted by Crippen LogP contribution is 2.40. The van der Waals surface area contributed by atoms with Crippen molar-refractivity contribution in [3.05, 3.63) is 59.2 Å². The molecule has 1 aliphatic rings. The molecule has 0 aliphatic heterocycles. The second-order valence-electron chi connectivity index (χ2n) is 5.50. The van der Waals surface area contributed by atoms with Gasteiger partial charge in [0.05, 0.1) is 18.4 Å². The van der Waals surface area contributed by atoms with E-state index in [1.165, 1.54) is 6.07 Å². The molecule has 2 aromatic carbocycles. The molecule has 6 heteroatoms. The minimum Gasteiger partial charge on any atom is -0.497 e. The maximum Gasteiger partial charge on any atom is 0.248 e. The van der Waals surface area contributed by atoms with Gasteiger partial charge in [-0.05, 0) is 36.4 Å². The minimum atomic E-state index is -0.560. The fourth-order valence-electron chi connectivity index (χ4n) is 2.95. The largest absolute Gasteiger partial charge is 0.497 e. The smallest absolute Gasteiger partial charge is 0.248 e. The summed E-state index contributed by atoms with van der Waals surface area (Å²) in [5, 5.41) is 7.22. The van der Waals surface area contributed by atoms with Crippen LogP contribution in [0.5, 0.6) is 5.75 Å². The lowest BCUT2D eigenvalue weighted by atomic mass is 10.0. The van der Waals surface area contributed by atoms with Gasteiger partial charge in [0.1, 0.15) is 11.4 Å². The molecule has 3 aromatic rings. The number of ketones is 1. The molecule has 24 heavy (non-hydrogen) atoms. The molecule has 0 saturated carbocycles. The van der Waals surface area contributed by atoms with Gasteiger partial charge in [-0.3, -0.25) is 14.7 Å². The summed E-state index contributed by atoms with van der Waals surface area (Å²) in [7, 11) is 1.59. The Hall–Kier alpha value is -3.41. The maximum atomic E-state index is 12.8. The molecule has 4 rings (SSSR count). The molecule has 3 N–H and O–H groups in total. The van der Waals surface area contributed by atoms with Crippen molar-refractivity contribution < 1.29 is 14.3 Å². The van der Waals surface area contributed by atoms with Gasteiger partial charge in [0, 0.05) is 22.3 Å². The fourth-order valence-corrected chi connectivity index (χ4v) is 2.95. The van der Waals surface area contributed by atoms with Crippen LogP contribution in [0.25, 0.3) is 22.5 Å². The third-order valence-electron chi connectivity index (χ3n) is 4.17. The van der Waals surface area contributed by atoms with Crippen molar-refractivity contribution in [3.8, 4) is 28.3 Å². The van der Waals surface area contributed by atoms with Crippen molar-refractivity contribution in [2.75, 3.05) is 7.11 Å². The normalized spacial score (nSPS) is 12.0. The molecule has 1 heterocycles. The highest BCUT2D eigenvalue weighted by molar-refractivity contribution is 6.24. The first kappa shape index (κ1) is 14.2. The molecule has 0 unspecified atom stereocenters. The van der Waals surface area contributed by atoms with Gasteiger partial charge in [0.2, 0.25) is 5.91 Å². The Morgan fingerprint density at radius 2 is 1.88 bits per heavy atom. The third-order valence-corrected chi connectivity index (χ3v) is 4.17. The monoisotopic (exact) mass is 319 g/mol. The molecule has 0 saturated heterocycles. The van der Waals surface area contributed by atoms with Gasteiger partial charge in [-0.15, -0.1) is 0 Å². The number of ether oxygens (including phenoxy) is 1. The van der Waals surface area contributed by atoms with Gasteiger partial charge in [0.25, 0.3) is 0 Å². The lowest BCUT2D eigenvalue weighted by Gasteiger charge is -2.03. The zero-order valence-corrected chi connectivity index (χ0v) is 12.8. The molecule has 6 nitrogen and oxygen atoms in total. The number of methoxy groups -OCH3 is 1. The van der Waals surface area contributed by atoms with E-state index in [4.69, 9.17) is 10.5 Å². The van der Waals surface area contributed by atoms with Gasteiger partial charge < -0.3 is 10.5 Å². The Balaban J connectivity index is 1.84. The number of nitrogens with one attached hydrogen (secondary N) is 1. The molecule has 0 bridgehead atoms. The van der Waals surface area contributed by atoms with Crippen LogP contribution in [0.3, 0.4) is 0 Å². The van der Waals surface area contributed by atoms with E-state index in [1.807, 2.05) is 24.3 Å². The van der Waals surface area contributed by atoms with Crippen LogP contribution in [-0.2, 0) is 0 Å². The summed E-state index contributed by atoms with van der Waals surface area (Å²) in [6, 6.07) is 12.2. The van der Waals surface area contributed by atoms with Crippen LogP contribution in [0.4, 0.5) is 0 Å². The molecular weight excluding hydrogens is 306 g/mol. The van der Waals surface area contributed by atoms with Crippen LogP contribution in [0.2, 0.25) is 0 Å². The Bertz CT molecular complexity index is 987. The second-order valence-corrected chi connectivity index (χ2v) is 5.50. The van der Waals surface area contributed by atoms with Crippen molar-refractivity contribution in [2.24, 2.45) is 5.73 Å². The van der Waals surface area contributed by atoms with E-state index < -0.39 is 5.91 Å². The number of rotatable bonds is 3. The summed E-state index contributed by atoms with van der Waals surface area (Å²) in [6.07, 6.45) is 0.